The van der Waals surface area contributed by atoms with Crippen molar-refractivity contribution in [1.29, 1.82) is 0 Å². The second-order valence-corrected chi connectivity index (χ2v) is 45.0. The first-order valence-corrected chi connectivity index (χ1v) is 54.9. The Kier molecular flexibility index (Phi) is 54.5. The summed E-state index contributed by atoms with van der Waals surface area (Å²) >= 11 is 0. The Morgan fingerprint density at radius 3 is 1.17 bits per heavy atom. The van der Waals surface area contributed by atoms with Crippen LogP contribution < -0.4 is 41.0 Å². The van der Waals surface area contributed by atoms with E-state index in [0.29, 0.717) is 38.5 Å². The van der Waals surface area contributed by atoms with E-state index in [0.717, 1.165) is 0 Å². The lowest BCUT2D eigenvalue weighted by molar-refractivity contribution is -0.244. The third-order valence-corrected chi connectivity index (χ3v) is 26.8. The summed E-state index contributed by atoms with van der Waals surface area (Å²) in [6.45, 7) is 35.3. The lowest BCUT2D eigenvalue weighted by Gasteiger charge is -2.35. The predicted molar refractivity (Wildman–Crippen MR) is 509 cm³/mol. The van der Waals surface area contributed by atoms with Gasteiger partial charge in [0.1, 0.15) is 146 Å². The molecule has 49 nitrogen and oxygen atoms in total. The Hall–Kier alpha value is -1.10. The lowest BCUT2D eigenvalue weighted by Crippen LogP contribution is -2.54. The molecule has 11 heterocycles. The number of nitrogens with two attached hydrogens (primary N) is 2. The second-order valence-electron chi connectivity index (χ2n) is 38.1. The van der Waals surface area contributed by atoms with Crippen LogP contribution in [0.15, 0.2) is 10.2 Å². The highest BCUT2D eigenvalue weighted by Crippen LogP contribution is 2.54. The number of phosphoric acid groups is 4. The van der Waals surface area contributed by atoms with Crippen molar-refractivity contribution in [2.45, 2.75) is 444 Å². The fourth-order valence-electron chi connectivity index (χ4n) is 15.8. The van der Waals surface area contributed by atoms with Gasteiger partial charge in [-0.25, -0.2) is 5.09 Å². The summed E-state index contributed by atoms with van der Waals surface area (Å²) in [6, 6.07) is -8.69. The van der Waals surface area contributed by atoms with Crippen LogP contribution in [0.3, 0.4) is 0 Å². The zero-order chi connectivity index (χ0) is 108. The molecule has 0 spiro atoms. The number of ether oxygens (including phenoxy) is 20. The van der Waals surface area contributed by atoms with E-state index < -0.39 is 202 Å². The standard InChI is InChI=1S/C16H28B2N3O8P.2C16H30B2NO8P.C15H26B2N3O8P.C8H15BNO5P.C8H15BO3/c1-9(2)24-8-16(20-21-19)13(6-15(18)28-16)29-30(22,23)25-7-12-11(26-10(3)4)5-14(17)27-12;1-9(2)22-8-16(19)13(6-15(18)26-16)27-28(20,21)23-7-12-11(24-10(3)4)5-14(17)25-12;1-8(2)22-6-12-15(14(19)16(18)26-12)27-28(20,21)23-7-11-10(24-9(3)4)5-13(17)25-11;1-7(2)24-9-5-11(16)26-10(9)6-23-29(21,22)28-13-12(19-20-18)14(17)27-15(13)25-8(3)4;1-5(2)13-4-8-6(3-7(9)14-8)15-16(11,12)10-8;1-5(2)11-6-3-8(9)12-7(6)4-10/h9-15H,5-8H2,1-4H3,(H,22,23);9-15H,5-8,19H2,1-4H3,(H,20,21);8-16H,5-7,19H2,1-4H3,(H,20,21);7-15H,5-6H2,1-4H3,(H,21,22);5-7H,3-4H2,1-2H3,(H2,10,11,12);5-8,10H,3-4H2,1-2H3/p-5/t2*11-,12-,13-,14-,15-,16-;10-,11-,12-,13-,14?,15+,16-;9-,10-,11-,12?,13-,14-,15-;2*6-,7-,8-/m111111/s1. The maximum atomic E-state index is 12.5. The first kappa shape index (κ1) is 131. The Morgan fingerprint density at radius 1 is 0.420 bits per heavy atom. The number of aliphatic hydroxyl groups excluding tert-OH is 1. The molecule has 11 saturated heterocycles. The summed E-state index contributed by atoms with van der Waals surface area (Å²) in [5, 5.41) is 18.3. The molecule has 143 heavy (non-hydrogen) atoms. The molecule has 20 radical (unpaired) electrons. The number of phosphoric ester groups is 4. The highest BCUT2D eigenvalue weighted by molar-refractivity contribution is 7.49. The number of rotatable bonds is 47. The molecule has 64 heteroatoms. The fraction of sp³-hybridized carbons (Fsp3) is 1.00. The molecule has 7 unspecified atom stereocenters. The van der Waals surface area contributed by atoms with Crippen LogP contribution in [0.25, 0.3) is 20.9 Å². The van der Waals surface area contributed by atoms with Gasteiger partial charge < -0.3 is 171 Å². The van der Waals surface area contributed by atoms with Crippen molar-refractivity contribution in [1.82, 2.24) is 5.09 Å². The quantitative estimate of drug-likeness (QED) is 0.0219. The molecule has 11 aliphatic rings. The van der Waals surface area contributed by atoms with E-state index in [9.17, 15) is 47.3 Å². The van der Waals surface area contributed by atoms with Crippen molar-refractivity contribution in [3.63, 3.8) is 0 Å². The molecule has 0 aromatic carbocycles. The minimum absolute atomic E-state index is 0.0227. The Morgan fingerprint density at radius 2 is 0.776 bits per heavy atom. The summed E-state index contributed by atoms with van der Waals surface area (Å²) < 4.78 is 216. The van der Waals surface area contributed by atoms with Gasteiger partial charge in [-0.2, -0.15) is 0 Å². The summed E-state index contributed by atoms with van der Waals surface area (Å²) in [5.74, 6) is 0. The van der Waals surface area contributed by atoms with E-state index in [1.165, 1.54) is 0 Å². The molecule has 11 rings (SSSR count). The topological polar surface area (TPSA) is 650 Å². The molecular formula is C79H139B10N9O40P5-5. The van der Waals surface area contributed by atoms with Crippen LogP contribution >= 0.6 is 39.0 Å². The largest absolute Gasteiger partial charge is 0.766 e. The zero-order valence-corrected chi connectivity index (χ0v) is 89.2. The van der Waals surface area contributed by atoms with Gasteiger partial charge in [0.25, 0.3) is 31.3 Å². The van der Waals surface area contributed by atoms with Crippen LogP contribution in [0.1, 0.15) is 190 Å². The van der Waals surface area contributed by atoms with Gasteiger partial charge >= 0.3 is 0 Å². The molecule has 37 atom stereocenters. The first-order chi connectivity index (χ1) is 66.3. The fourth-order valence-corrected chi connectivity index (χ4v) is 21.0. The van der Waals surface area contributed by atoms with E-state index in [1.807, 2.05) is 111 Å². The maximum Gasteiger partial charge on any atom is 0.268 e. The zero-order valence-electron chi connectivity index (χ0n) is 84.8. The summed E-state index contributed by atoms with van der Waals surface area (Å²) in [6.07, 6.45) is -9.75. The summed E-state index contributed by atoms with van der Waals surface area (Å²) in [4.78, 5) is 66.3. The highest BCUT2D eigenvalue weighted by atomic mass is 31.2. The Labute approximate surface area is 852 Å². The average molecular weight is 2120 g/mol. The first-order valence-electron chi connectivity index (χ1n) is 47.5. The van der Waals surface area contributed by atoms with E-state index >= 15 is 0 Å². The molecular weight excluding hydrogens is 1980 g/mol. The highest BCUT2D eigenvalue weighted by Gasteiger charge is 2.58. The minimum Gasteiger partial charge on any atom is -0.766 e. The molecule has 6 N–H and O–H groups in total. The third kappa shape index (κ3) is 44.6. The predicted octanol–water partition coefficient (Wildman–Crippen LogP) is 1.21. The van der Waals surface area contributed by atoms with Crippen LogP contribution in [0.4, 0.5) is 0 Å². The number of nitrogens with one attached hydrogen (secondary N) is 1. The number of aliphatic hydroxyl groups is 1. The molecule has 0 aromatic heterocycles. The van der Waals surface area contributed by atoms with Crippen molar-refractivity contribution in [3.05, 3.63) is 20.9 Å². The van der Waals surface area contributed by atoms with Crippen molar-refractivity contribution in [2.75, 3.05) is 59.5 Å². The molecule has 800 valence electrons. The summed E-state index contributed by atoms with van der Waals surface area (Å²) in [7, 11) is 34.1. The number of nitrogens with zero attached hydrogens (tertiary/aromatic N) is 6. The third-order valence-electron chi connectivity index (χ3n) is 21.7. The van der Waals surface area contributed by atoms with Crippen molar-refractivity contribution in [3.8, 4) is 0 Å². The van der Waals surface area contributed by atoms with Crippen LogP contribution in [-0.4, -0.2) is 397 Å². The molecule has 0 aliphatic carbocycles. The summed E-state index contributed by atoms with van der Waals surface area (Å²) in [5.41, 5.74) is 25.3. The maximum absolute atomic E-state index is 12.5. The molecule has 11 aliphatic heterocycles. The minimum atomic E-state index is -4.87. The van der Waals surface area contributed by atoms with Gasteiger partial charge in [0.15, 0.2) is 23.5 Å². The van der Waals surface area contributed by atoms with Gasteiger partial charge in [-0.05, 0) is 201 Å². The number of fused-ring (bicyclic) bond motifs is 1. The van der Waals surface area contributed by atoms with E-state index in [4.69, 9.17) is 242 Å². The van der Waals surface area contributed by atoms with Crippen LogP contribution in [-0.2, 0) is 158 Å². The van der Waals surface area contributed by atoms with Crippen molar-refractivity contribution in [2.24, 2.45) is 21.7 Å². The smallest absolute Gasteiger partial charge is 0.268 e. The van der Waals surface area contributed by atoms with Crippen molar-refractivity contribution >= 4 is 118 Å². The van der Waals surface area contributed by atoms with Gasteiger partial charge in [-0.15, -0.1) is 0 Å². The molecule has 0 aromatic rings. The lowest BCUT2D eigenvalue weighted by atomic mass is 9.91. The number of hydrogen-bond acceptors (Lipinski definition) is 44. The molecule has 11 fully saturated rings. The van der Waals surface area contributed by atoms with Crippen molar-refractivity contribution < 1.29 is 188 Å². The van der Waals surface area contributed by atoms with Gasteiger partial charge in [0.05, 0.1) is 163 Å². The van der Waals surface area contributed by atoms with E-state index in [2.05, 4.69) is 25.1 Å². The van der Waals surface area contributed by atoms with E-state index in [1.54, 1.807) is 27.7 Å². The SMILES string of the molecule is [B][C@@H]1O[C@@H](OC(C)C)[C@H](OP(=O)([O-])OC[C@H]2O[C@@H]([B])C[C@H]2OC(C)C)C1N=[N+]=[N-].[B][C@@H]1O[C@H](COC(C)C)[C@H](OP(=O)([O-])OC[C@H]2O[C@@H]([B])C[C@H]2OC(C)C)C1N.[B][C@H]1C[C@@H](OC(C)C)[C@@H](CO)O1.[B][C@H]1C[C@@H](OC(C)C)[C@@H](COP(=O)([O-])O[C@@H]2C[C@H]([B])O[C@@]2(COC(C)C)N=[N+]=[N-])O1.[B][C@H]1C[C@@H](OC(C)C)[C@@H](COP(=O)([O-])O[C@@H]2C[C@H]([B])O[C@]2(N)COC(C)C)O1.[B][C@H]1C[C@H]2OP(=O)([O-])N[C@]2(COC(C)C)O1. The van der Waals surface area contributed by atoms with E-state index in [-0.39, 0.29) is 164 Å². The van der Waals surface area contributed by atoms with Gasteiger partial charge in [0, 0.05) is 69.9 Å². The van der Waals surface area contributed by atoms with Gasteiger partial charge in [-0.1, -0.05) is 10.2 Å². The monoisotopic (exact) mass is 2120 g/mol. The molecule has 0 saturated carbocycles. The van der Waals surface area contributed by atoms with Crippen LogP contribution in [0.2, 0.25) is 0 Å². The van der Waals surface area contributed by atoms with Gasteiger partial charge in [0.2, 0.25) is 7.75 Å². The van der Waals surface area contributed by atoms with Crippen LogP contribution in [0, 0.1) is 0 Å². The van der Waals surface area contributed by atoms with Crippen LogP contribution in [0.5, 0.6) is 0 Å². The molecule has 0 amide bonds. The van der Waals surface area contributed by atoms with Gasteiger partial charge in [-0.3, -0.25) is 28.6 Å². The number of hydrogen-bond donors (Lipinski definition) is 4. The average Bonchev–Trinajstić information content (AvgIpc) is 1.59. The number of azide groups is 2. The molecule has 0 bridgehead atoms. The Balaban J connectivity index is 0.000000268. The normalized spacial score (nSPS) is 38.5. The Bertz CT molecular complexity index is 4060. The second kappa shape index (κ2) is 59.7.